The van der Waals surface area contributed by atoms with Gasteiger partial charge in [-0.3, -0.25) is 0 Å². The van der Waals surface area contributed by atoms with Gasteiger partial charge in [0, 0.05) is 25.2 Å². The predicted molar refractivity (Wildman–Crippen MR) is 158 cm³/mol. The molecule has 0 radical (unpaired) electrons. The standard InChI is InChI=1S/C28H59N.C5H10O2/c1-4-7-9-11-13-15-17-19-21-23-26-28(29,25-6-3)27-24-22-20-18-16-14-12-10-8-5-2;1-2-3-4-5(6)7/h4-27,29H2,1-3H3;2-4H2,1H3,(H,6,7). The Hall–Kier alpha value is -0.570. The second-order valence-corrected chi connectivity index (χ2v) is 11.6. The number of hydrogen-bond acceptors (Lipinski definition) is 2. The molecule has 0 saturated carbocycles. The Morgan fingerprint density at radius 2 is 0.778 bits per heavy atom. The van der Waals surface area contributed by atoms with Crippen LogP contribution in [0.25, 0.3) is 0 Å². The predicted octanol–water partition coefficient (Wildman–Crippen LogP) is 9.32. The molecular formula is C33H69NO2. The fourth-order valence-corrected chi connectivity index (χ4v) is 5.20. The number of unbranched alkanes of at least 4 members (excludes halogenated alkanes) is 19. The van der Waals surface area contributed by atoms with Gasteiger partial charge in [-0.1, -0.05) is 156 Å². The van der Waals surface area contributed by atoms with Crippen molar-refractivity contribution in [2.24, 2.45) is 0 Å². The first kappa shape index (κ1) is 37.6. The molecule has 0 fully saturated rings. The van der Waals surface area contributed by atoms with E-state index in [9.17, 15) is 9.90 Å². The highest BCUT2D eigenvalue weighted by Gasteiger charge is 2.26. The molecule has 0 saturated heterocycles. The van der Waals surface area contributed by atoms with E-state index in [0.29, 0.717) is 5.54 Å². The Morgan fingerprint density at radius 1 is 0.472 bits per heavy atom. The van der Waals surface area contributed by atoms with Gasteiger partial charge >= 0.3 is 0 Å². The van der Waals surface area contributed by atoms with E-state index >= 15 is 0 Å². The Balaban J connectivity index is 0. The van der Waals surface area contributed by atoms with Gasteiger partial charge in [-0.2, -0.15) is 0 Å². The molecule has 3 heteroatoms. The average Bonchev–Trinajstić information content (AvgIpc) is 2.85. The second kappa shape index (κ2) is 30.7. The van der Waals surface area contributed by atoms with Crippen LogP contribution < -0.4 is 10.8 Å². The number of rotatable bonds is 27. The maximum atomic E-state index is 9.65. The number of hydrogen-bond donors (Lipinski definition) is 1. The van der Waals surface area contributed by atoms with Crippen molar-refractivity contribution in [2.75, 3.05) is 0 Å². The molecule has 0 aromatic carbocycles. The van der Waals surface area contributed by atoms with Gasteiger partial charge in [0.25, 0.3) is 0 Å². The van der Waals surface area contributed by atoms with E-state index in [1.807, 2.05) is 6.92 Å². The Bertz CT molecular complexity index is 400. The summed E-state index contributed by atoms with van der Waals surface area (Å²) in [4.78, 5) is 9.65. The molecule has 36 heavy (non-hydrogen) atoms. The molecule has 3 nitrogen and oxygen atoms in total. The summed E-state index contributed by atoms with van der Waals surface area (Å²) in [5.74, 6) is -0.943. The van der Waals surface area contributed by atoms with Crippen molar-refractivity contribution in [2.45, 2.75) is 207 Å². The van der Waals surface area contributed by atoms with E-state index in [1.165, 1.54) is 154 Å². The first-order chi connectivity index (χ1) is 17.5. The normalized spacial score (nSPS) is 11.4. The van der Waals surface area contributed by atoms with E-state index in [2.05, 4.69) is 20.8 Å². The zero-order valence-corrected chi connectivity index (χ0v) is 25.6. The van der Waals surface area contributed by atoms with Crippen molar-refractivity contribution in [3.05, 3.63) is 0 Å². The van der Waals surface area contributed by atoms with Crippen LogP contribution in [-0.4, -0.2) is 11.5 Å². The summed E-state index contributed by atoms with van der Waals surface area (Å²) in [7, 11) is 0. The molecule has 0 aromatic heterocycles. The van der Waals surface area contributed by atoms with Crippen LogP contribution in [-0.2, 0) is 4.79 Å². The lowest BCUT2D eigenvalue weighted by atomic mass is 9.83. The van der Waals surface area contributed by atoms with Gasteiger partial charge in [-0.25, -0.2) is 0 Å². The van der Waals surface area contributed by atoms with Crippen LogP contribution in [0, 0.1) is 0 Å². The molecule has 0 amide bonds. The number of carbonyl (C=O) groups is 1. The zero-order valence-electron chi connectivity index (χ0n) is 25.6. The monoisotopic (exact) mass is 512 g/mol. The third-order valence-electron chi connectivity index (χ3n) is 7.64. The Labute approximate surface area is 228 Å². The summed E-state index contributed by atoms with van der Waals surface area (Å²) in [5, 5.41) is 9.65. The molecule has 218 valence electrons. The molecule has 0 atom stereocenters. The zero-order chi connectivity index (χ0) is 27.2. The fraction of sp³-hybridized carbons (Fsp3) is 0.970. The molecule has 0 aromatic rings. The fourth-order valence-electron chi connectivity index (χ4n) is 5.20. The van der Waals surface area contributed by atoms with Crippen molar-refractivity contribution in [1.29, 1.82) is 0 Å². The van der Waals surface area contributed by atoms with Gasteiger partial charge < -0.3 is 15.6 Å². The first-order valence-electron chi connectivity index (χ1n) is 16.5. The van der Waals surface area contributed by atoms with Gasteiger partial charge in [0.15, 0.2) is 0 Å². The van der Waals surface area contributed by atoms with Crippen LogP contribution in [0.5, 0.6) is 0 Å². The first-order valence-corrected chi connectivity index (χ1v) is 16.5. The maximum absolute atomic E-state index is 9.65. The van der Waals surface area contributed by atoms with Crippen LogP contribution in [0.15, 0.2) is 0 Å². The number of quaternary nitrogens is 1. The molecule has 0 rings (SSSR count). The lowest BCUT2D eigenvalue weighted by Crippen LogP contribution is -2.72. The smallest absolute Gasteiger partial charge is 0.0945 e. The minimum Gasteiger partial charge on any atom is -0.550 e. The van der Waals surface area contributed by atoms with Crippen molar-refractivity contribution in [3.63, 3.8) is 0 Å². The molecule has 0 aliphatic rings. The Morgan fingerprint density at radius 3 is 1.03 bits per heavy atom. The third kappa shape index (κ3) is 31.5. The lowest BCUT2D eigenvalue weighted by Gasteiger charge is -2.26. The van der Waals surface area contributed by atoms with Crippen molar-refractivity contribution in [1.82, 2.24) is 0 Å². The van der Waals surface area contributed by atoms with Crippen molar-refractivity contribution < 1.29 is 15.6 Å². The molecule has 0 bridgehead atoms. The average molecular weight is 512 g/mol. The quantitative estimate of drug-likeness (QED) is 0.112. The van der Waals surface area contributed by atoms with Gasteiger partial charge in [0.05, 0.1) is 5.54 Å². The Kier molecular flexibility index (Phi) is 32.0. The lowest BCUT2D eigenvalue weighted by molar-refractivity contribution is -0.484. The molecule has 0 aliphatic carbocycles. The molecule has 0 unspecified atom stereocenters. The van der Waals surface area contributed by atoms with Crippen molar-refractivity contribution >= 4 is 5.97 Å². The SMILES string of the molecule is CCCCC(=O)[O-].CCCCCCCCCCCCC([NH3+])(CCC)CCCCCCCCCCCC. The second-order valence-electron chi connectivity index (χ2n) is 11.6. The van der Waals surface area contributed by atoms with Crippen LogP contribution >= 0.6 is 0 Å². The van der Waals surface area contributed by atoms with Gasteiger partial charge in [-0.15, -0.1) is 0 Å². The number of carboxylic acids is 1. The molecular weight excluding hydrogens is 442 g/mol. The summed E-state index contributed by atoms with van der Waals surface area (Å²) >= 11 is 0. The van der Waals surface area contributed by atoms with E-state index < -0.39 is 5.97 Å². The van der Waals surface area contributed by atoms with Crippen LogP contribution in [0.1, 0.15) is 201 Å². The maximum Gasteiger partial charge on any atom is 0.0945 e. The van der Waals surface area contributed by atoms with E-state index in [1.54, 1.807) is 0 Å². The highest BCUT2D eigenvalue weighted by Crippen LogP contribution is 2.24. The summed E-state index contributed by atoms with van der Waals surface area (Å²) in [6, 6.07) is 0. The summed E-state index contributed by atoms with van der Waals surface area (Å²) in [6.45, 7) is 8.90. The van der Waals surface area contributed by atoms with E-state index in [0.717, 1.165) is 12.8 Å². The van der Waals surface area contributed by atoms with Crippen molar-refractivity contribution in [3.8, 4) is 0 Å². The largest absolute Gasteiger partial charge is 0.550 e. The molecule has 0 heterocycles. The molecule has 3 N–H and O–H groups in total. The number of carbonyl (C=O) groups excluding carboxylic acids is 1. The van der Waals surface area contributed by atoms with E-state index in [-0.39, 0.29) is 6.42 Å². The minimum absolute atomic E-state index is 0.205. The van der Waals surface area contributed by atoms with Gasteiger partial charge in [0.1, 0.15) is 0 Å². The van der Waals surface area contributed by atoms with Crippen LogP contribution in [0.2, 0.25) is 0 Å². The minimum atomic E-state index is -0.943. The van der Waals surface area contributed by atoms with Gasteiger partial charge in [-0.05, 0) is 25.7 Å². The highest BCUT2D eigenvalue weighted by atomic mass is 16.4. The summed E-state index contributed by atoms with van der Waals surface area (Å²) in [6.07, 6.45) is 36.1. The summed E-state index contributed by atoms with van der Waals surface area (Å²) < 4.78 is 0. The van der Waals surface area contributed by atoms with Crippen LogP contribution in [0.3, 0.4) is 0 Å². The van der Waals surface area contributed by atoms with Crippen LogP contribution in [0.4, 0.5) is 0 Å². The molecule has 0 spiro atoms. The highest BCUT2D eigenvalue weighted by molar-refractivity contribution is 5.63. The molecule has 0 aliphatic heterocycles. The van der Waals surface area contributed by atoms with E-state index in [4.69, 9.17) is 5.73 Å². The van der Waals surface area contributed by atoms with Gasteiger partial charge in [0.2, 0.25) is 0 Å². The number of carboxylic acid groups (broad SMARTS) is 1. The number of aliphatic carboxylic acids is 1. The summed E-state index contributed by atoms with van der Waals surface area (Å²) in [5.41, 5.74) is 5.09. The topological polar surface area (TPSA) is 67.8 Å². The third-order valence-corrected chi connectivity index (χ3v) is 7.64.